The van der Waals surface area contributed by atoms with E-state index in [9.17, 15) is 14.7 Å². The number of ether oxygens (including phenoxy) is 2. The summed E-state index contributed by atoms with van der Waals surface area (Å²) in [6.45, 7) is 0.134. The zero-order chi connectivity index (χ0) is 29.2. The van der Waals surface area contributed by atoms with Crippen molar-refractivity contribution in [2.24, 2.45) is 7.05 Å². The first-order valence-corrected chi connectivity index (χ1v) is 13.7. The zero-order valence-corrected chi connectivity index (χ0v) is 23.3. The Labute approximate surface area is 242 Å². The van der Waals surface area contributed by atoms with Gasteiger partial charge in [-0.3, -0.25) is 4.79 Å². The van der Waals surface area contributed by atoms with Crippen molar-refractivity contribution >= 4 is 27.8 Å². The van der Waals surface area contributed by atoms with Crippen LogP contribution in [0.2, 0.25) is 0 Å². The predicted octanol–water partition coefficient (Wildman–Crippen LogP) is 6.31. The number of H-pyrrole nitrogens is 1. The molecule has 7 heteroatoms. The lowest BCUT2D eigenvalue weighted by atomic mass is 9.85. The molecule has 0 saturated carbocycles. The number of pyridine rings is 1. The van der Waals surface area contributed by atoms with E-state index in [4.69, 9.17) is 9.47 Å². The van der Waals surface area contributed by atoms with Crippen LogP contribution in [0.25, 0.3) is 21.8 Å². The molecular formula is C35H30N2O5. The molecule has 1 unspecified atom stereocenters. The summed E-state index contributed by atoms with van der Waals surface area (Å²) < 4.78 is 12.8. The molecule has 0 saturated heterocycles. The second-order valence-corrected chi connectivity index (χ2v) is 10.2. The summed E-state index contributed by atoms with van der Waals surface area (Å²) in [5, 5.41) is 13.2. The summed E-state index contributed by atoms with van der Waals surface area (Å²) in [4.78, 5) is 30.3. The van der Waals surface area contributed by atoms with E-state index in [1.807, 2.05) is 78.9 Å². The molecule has 0 fully saturated rings. The summed E-state index contributed by atoms with van der Waals surface area (Å²) in [6, 6.07) is 31.6. The molecule has 0 radical (unpaired) electrons. The Balaban J connectivity index is 1.53. The summed E-state index contributed by atoms with van der Waals surface area (Å²) in [7, 11) is 3.31. The molecule has 0 aliphatic rings. The number of rotatable bonds is 8. The Hall–Kier alpha value is -5.30. The topological polar surface area (TPSA) is 93.5 Å². The van der Waals surface area contributed by atoms with Crippen molar-refractivity contribution in [2.45, 2.75) is 12.3 Å². The van der Waals surface area contributed by atoms with Crippen LogP contribution in [-0.2, 0) is 18.2 Å². The smallest absolute Gasteiger partial charge is 0.338 e. The summed E-state index contributed by atoms with van der Waals surface area (Å²) in [5.74, 6) is -0.510. The fourth-order valence-corrected chi connectivity index (χ4v) is 5.70. The number of carbonyl (C=O) groups is 1. The summed E-state index contributed by atoms with van der Waals surface area (Å²) in [6.07, 6.45) is 0.396. The van der Waals surface area contributed by atoms with Gasteiger partial charge in [-0.1, -0.05) is 60.7 Å². The molecule has 1 atom stereocenters. The number of esters is 1. The fourth-order valence-electron chi connectivity index (χ4n) is 5.70. The van der Waals surface area contributed by atoms with E-state index >= 15 is 0 Å². The van der Waals surface area contributed by atoms with Crippen LogP contribution < -0.4 is 10.3 Å². The largest absolute Gasteiger partial charge is 0.507 e. The lowest BCUT2D eigenvalue weighted by Crippen LogP contribution is -2.25. The predicted molar refractivity (Wildman–Crippen MR) is 164 cm³/mol. The highest BCUT2D eigenvalue weighted by Gasteiger charge is 2.30. The van der Waals surface area contributed by atoms with Crippen LogP contribution in [-0.4, -0.2) is 34.3 Å². The van der Waals surface area contributed by atoms with Crippen LogP contribution in [0.3, 0.4) is 0 Å². The molecule has 0 aliphatic carbocycles. The van der Waals surface area contributed by atoms with Crippen LogP contribution >= 0.6 is 0 Å². The minimum Gasteiger partial charge on any atom is -0.507 e. The van der Waals surface area contributed by atoms with Crippen LogP contribution in [0.5, 0.6) is 11.5 Å². The van der Waals surface area contributed by atoms with Crippen LogP contribution in [0.4, 0.5) is 0 Å². The monoisotopic (exact) mass is 558 g/mol. The van der Waals surface area contributed by atoms with Crippen LogP contribution in [0.15, 0.2) is 108 Å². The van der Waals surface area contributed by atoms with E-state index in [0.29, 0.717) is 28.6 Å². The van der Waals surface area contributed by atoms with Gasteiger partial charge in [0, 0.05) is 35.5 Å². The first-order chi connectivity index (χ1) is 20.5. The van der Waals surface area contributed by atoms with Gasteiger partial charge in [0.2, 0.25) is 0 Å². The summed E-state index contributed by atoms with van der Waals surface area (Å²) >= 11 is 0. The Kier molecular flexibility index (Phi) is 7.23. The number of aromatic amines is 1. The summed E-state index contributed by atoms with van der Waals surface area (Å²) in [5.41, 5.74) is 4.34. The number of methoxy groups -OCH3 is 1. The maximum atomic E-state index is 14.0. The Bertz CT molecular complexity index is 1970. The average molecular weight is 559 g/mol. The zero-order valence-electron chi connectivity index (χ0n) is 23.3. The molecule has 0 bridgehead atoms. The van der Waals surface area contributed by atoms with E-state index in [2.05, 4.69) is 4.98 Å². The maximum absolute atomic E-state index is 14.0. The van der Waals surface area contributed by atoms with Crippen molar-refractivity contribution in [1.29, 1.82) is 0 Å². The van der Waals surface area contributed by atoms with Gasteiger partial charge in [-0.15, -0.1) is 0 Å². The highest BCUT2D eigenvalue weighted by molar-refractivity contribution is 5.90. The number of carbonyl (C=O) groups excluding carboxylic acids is 1. The van der Waals surface area contributed by atoms with E-state index in [1.54, 1.807) is 43.0 Å². The number of para-hydroxylation sites is 2. The first-order valence-electron chi connectivity index (χ1n) is 13.7. The van der Waals surface area contributed by atoms with Gasteiger partial charge in [-0.25, -0.2) is 4.79 Å². The van der Waals surface area contributed by atoms with Gasteiger partial charge in [0.25, 0.3) is 5.56 Å². The number of hydrogen-bond donors (Lipinski definition) is 2. The highest BCUT2D eigenvalue weighted by Crippen LogP contribution is 2.41. The molecule has 7 nitrogen and oxygen atoms in total. The van der Waals surface area contributed by atoms with Crippen LogP contribution in [0.1, 0.15) is 38.7 Å². The molecule has 0 aliphatic heterocycles. The van der Waals surface area contributed by atoms with E-state index in [-0.39, 0.29) is 23.5 Å². The number of aromatic nitrogens is 2. The second kappa shape index (κ2) is 11.3. The van der Waals surface area contributed by atoms with Crippen molar-refractivity contribution in [2.75, 3.05) is 13.7 Å². The molecule has 4 aromatic carbocycles. The van der Waals surface area contributed by atoms with Crippen molar-refractivity contribution in [3.8, 4) is 11.5 Å². The number of nitrogens with one attached hydrogen (secondary N) is 1. The molecule has 210 valence electrons. The number of nitrogens with zero attached hydrogens (tertiary/aromatic N) is 1. The molecule has 2 aromatic heterocycles. The Morgan fingerprint density at radius 3 is 2.40 bits per heavy atom. The lowest BCUT2D eigenvalue weighted by Gasteiger charge is -2.22. The second-order valence-electron chi connectivity index (χ2n) is 10.2. The van der Waals surface area contributed by atoms with Crippen molar-refractivity contribution < 1.29 is 19.4 Å². The minimum atomic E-state index is -0.671. The molecule has 6 aromatic rings. The van der Waals surface area contributed by atoms with Gasteiger partial charge >= 0.3 is 5.97 Å². The third-order valence-electron chi connectivity index (χ3n) is 7.76. The molecule has 2 N–H and O–H groups in total. The Morgan fingerprint density at radius 1 is 0.905 bits per heavy atom. The van der Waals surface area contributed by atoms with Crippen molar-refractivity contribution in [3.63, 3.8) is 0 Å². The van der Waals surface area contributed by atoms with E-state index in [1.165, 1.54) is 0 Å². The number of aryl methyl sites for hydroxylation is 1. The lowest BCUT2D eigenvalue weighted by molar-refractivity contribution is 0.0509. The number of benzene rings is 4. The first kappa shape index (κ1) is 26.9. The number of hydrogen-bond acceptors (Lipinski definition) is 5. The molecule has 42 heavy (non-hydrogen) atoms. The molecular weight excluding hydrogens is 528 g/mol. The number of aromatic hydroxyl groups is 1. The molecule has 2 heterocycles. The van der Waals surface area contributed by atoms with Gasteiger partial charge < -0.3 is 24.1 Å². The quantitative estimate of drug-likeness (QED) is 0.214. The van der Waals surface area contributed by atoms with E-state index < -0.39 is 11.9 Å². The SMILES string of the molecule is COc1cccc(C(c2[nH]c3ccccc3c2CCOC(=O)c2ccccc2)c2c(O)c3ccccc3n(C)c2=O)c1. The molecule has 0 spiro atoms. The maximum Gasteiger partial charge on any atom is 0.338 e. The minimum absolute atomic E-state index is 0.0679. The fraction of sp³-hybridized carbons (Fsp3) is 0.143. The average Bonchev–Trinajstić information content (AvgIpc) is 3.40. The third-order valence-corrected chi connectivity index (χ3v) is 7.76. The van der Waals surface area contributed by atoms with Gasteiger partial charge in [0.1, 0.15) is 11.5 Å². The Morgan fingerprint density at radius 2 is 1.62 bits per heavy atom. The standard InChI is InChI=1S/C35H30N2O5/c1-37-29-18-9-7-16-27(29)33(38)31(34(37)39)30(23-13-10-14-24(21-23)41-2)32-26(25-15-6-8-17-28(25)36-32)19-20-42-35(40)22-11-4-3-5-12-22/h3-18,21,30,36,38H,19-20H2,1-2H3. The van der Waals surface area contributed by atoms with Gasteiger partial charge in [0.15, 0.2) is 0 Å². The number of fused-ring (bicyclic) bond motifs is 2. The molecule has 0 amide bonds. The highest BCUT2D eigenvalue weighted by atomic mass is 16.5. The molecule has 6 rings (SSSR count). The van der Waals surface area contributed by atoms with E-state index in [0.717, 1.165) is 27.7 Å². The van der Waals surface area contributed by atoms with Gasteiger partial charge in [-0.05, 0) is 53.6 Å². The van der Waals surface area contributed by atoms with Crippen molar-refractivity contribution in [3.05, 3.63) is 141 Å². The van der Waals surface area contributed by atoms with Gasteiger partial charge in [-0.2, -0.15) is 0 Å². The normalized spacial score (nSPS) is 12.0. The third kappa shape index (κ3) is 4.79. The van der Waals surface area contributed by atoms with Gasteiger partial charge in [0.05, 0.1) is 36.3 Å². The van der Waals surface area contributed by atoms with Crippen LogP contribution in [0, 0.1) is 0 Å². The van der Waals surface area contributed by atoms with Crippen molar-refractivity contribution in [1.82, 2.24) is 9.55 Å².